The van der Waals surface area contributed by atoms with Crippen LogP contribution in [0.3, 0.4) is 0 Å². The van der Waals surface area contributed by atoms with Crippen molar-refractivity contribution in [2.75, 3.05) is 6.54 Å². The molecule has 0 aliphatic heterocycles. The van der Waals surface area contributed by atoms with E-state index in [1.807, 2.05) is 0 Å². The molecule has 0 radical (unpaired) electrons. The molecular weight excluding hydrogens is 200 g/mol. The molecule has 0 saturated heterocycles. The molecule has 0 spiro atoms. The van der Waals surface area contributed by atoms with Gasteiger partial charge in [0.25, 0.3) is 0 Å². The normalized spacial score (nSPS) is 18.5. The van der Waals surface area contributed by atoms with E-state index in [1.165, 1.54) is 27.7 Å². The van der Waals surface area contributed by atoms with Gasteiger partial charge in [0.2, 0.25) is 11.8 Å². The first kappa shape index (κ1) is 13.9. The van der Waals surface area contributed by atoms with Crippen LogP contribution in [0.4, 0.5) is 0 Å². The summed E-state index contributed by atoms with van der Waals surface area (Å²) in [5, 5.41) is 24.2. The van der Waals surface area contributed by atoms with Crippen LogP contribution in [0.2, 0.25) is 0 Å². The minimum atomic E-state index is -1.80. The third-order valence-electron chi connectivity index (χ3n) is 2.15. The van der Waals surface area contributed by atoms with Crippen molar-refractivity contribution in [1.29, 1.82) is 0 Å². The van der Waals surface area contributed by atoms with E-state index in [2.05, 4.69) is 10.6 Å². The first-order valence-corrected chi connectivity index (χ1v) is 4.56. The number of aliphatic hydroxyl groups is 2. The lowest BCUT2D eigenvalue weighted by Crippen LogP contribution is -2.64. The molecule has 0 heterocycles. The molecule has 0 bridgehead atoms. The molecule has 0 aliphatic carbocycles. The molecular formula is C9H18N2O4. The number of carbonyl (C=O) groups is 2. The number of carbonyl (C=O) groups excluding carboxylic acids is 2. The quantitative estimate of drug-likeness (QED) is 0.442. The van der Waals surface area contributed by atoms with E-state index in [0.29, 0.717) is 0 Å². The van der Waals surface area contributed by atoms with Crippen molar-refractivity contribution in [2.24, 2.45) is 0 Å². The summed E-state index contributed by atoms with van der Waals surface area (Å²) in [6.07, 6.45) is 0. The molecule has 2 atom stereocenters. The fourth-order valence-electron chi connectivity index (χ4n) is 0.946. The zero-order chi connectivity index (χ0) is 12.3. The van der Waals surface area contributed by atoms with E-state index >= 15 is 0 Å². The maximum Gasteiger partial charge on any atom is 0.219 e. The summed E-state index contributed by atoms with van der Waals surface area (Å²) in [7, 11) is 0. The summed E-state index contributed by atoms with van der Waals surface area (Å²) in [6.45, 7) is 4.94. The second-order valence-electron chi connectivity index (χ2n) is 3.94. The van der Waals surface area contributed by atoms with Crippen LogP contribution >= 0.6 is 0 Å². The van der Waals surface area contributed by atoms with E-state index < -0.39 is 17.2 Å². The summed E-state index contributed by atoms with van der Waals surface area (Å²) in [5.74, 6) is -0.794. The van der Waals surface area contributed by atoms with Crippen molar-refractivity contribution in [3.8, 4) is 0 Å². The van der Waals surface area contributed by atoms with Crippen LogP contribution in [0.5, 0.6) is 0 Å². The standard InChI is InChI=1S/C9H18N2O4/c1-6(12)10-5-8(3,14)9(4,15)11-7(2)13/h14-15H,5H2,1-4H3,(H,10,12)(H,11,13). The Morgan fingerprint density at radius 1 is 1.13 bits per heavy atom. The Kier molecular flexibility index (Phi) is 4.24. The van der Waals surface area contributed by atoms with Gasteiger partial charge in [-0.25, -0.2) is 0 Å². The van der Waals surface area contributed by atoms with Gasteiger partial charge in [-0.05, 0) is 13.8 Å². The molecule has 6 heteroatoms. The highest BCUT2D eigenvalue weighted by Gasteiger charge is 2.42. The monoisotopic (exact) mass is 218 g/mol. The van der Waals surface area contributed by atoms with Crippen LogP contribution in [0.25, 0.3) is 0 Å². The molecule has 88 valence electrons. The van der Waals surface area contributed by atoms with Gasteiger partial charge in [-0.15, -0.1) is 0 Å². The molecule has 4 N–H and O–H groups in total. The second-order valence-corrected chi connectivity index (χ2v) is 3.94. The highest BCUT2D eigenvalue weighted by molar-refractivity contribution is 5.74. The number of amides is 2. The van der Waals surface area contributed by atoms with Gasteiger partial charge in [0.05, 0.1) is 6.54 Å². The Labute approximate surface area is 88.7 Å². The lowest BCUT2D eigenvalue weighted by Gasteiger charge is -2.38. The molecule has 0 aliphatic rings. The van der Waals surface area contributed by atoms with Gasteiger partial charge in [0.15, 0.2) is 5.72 Å². The molecule has 0 aromatic carbocycles. The SMILES string of the molecule is CC(=O)NCC(C)(O)C(C)(O)NC(C)=O. The first-order chi connectivity index (χ1) is 6.58. The molecule has 0 rings (SSSR count). The predicted octanol–water partition coefficient (Wildman–Crippen LogP) is -1.28. The van der Waals surface area contributed by atoms with Gasteiger partial charge in [-0.1, -0.05) is 0 Å². The Morgan fingerprint density at radius 2 is 1.60 bits per heavy atom. The van der Waals surface area contributed by atoms with Crippen molar-refractivity contribution in [2.45, 2.75) is 39.0 Å². The molecule has 6 nitrogen and oxygen atoms in total. The molecule has 0 saturated carbocycles. The van der Waals surface area contributed by atoms with E-state index in [-0.39, 0.29) is 12.5 Å². The zero-order valence-electron chi connectivity index (χ0n) is 9.42. The Morgan fingerprint density at radius 3 is 1.93 bits per heavy atom. The summed E-state index contributed by atoms with van der Waals surface area (Å²) < 4.78 is 0. The van der Waals surface area contributed by atoms with Gasteiger partial charge in [-0.2, -0.15) is 0 Å². The Balaban J connectivity index is 4.53. The van der Waals surface area contributed by atoms with Crippen LogP contribution in [0, 0.1) is 0 Å². The maximum absolute atomic E-state index is 10.8. The molecule has 2 unspecified atom stereocenters. The summed E-state index contributed by atoms with van der Waals surface area (Å²) in [5.41, 5.74) is -3.45. The van der Waals surface area contributed by atoms with E-state index in [4.69, 9.17) is 0 Å². The summed E-state index contributed by atoms with van der Waals surface area (Å²) in [6, 6.07) is 0. The van der Waals surface area contributed by atoms with Crippen LogP contribution in [-0.4, -0.2) is 39.9 Å². The highest BCUT2D eigenvalue weighted by atomic mass is 16.4. The van der Waals surface area contributed by atoms with Crippen molar-refractivity contribution >= 4 is 11.8 Å². The molecule has 0 fully saturated rings. The average Bonchev–Trinajstić information content (AvgIpc) is 1.98. The lowest BCUT2D eigenvalue weighted by atomic mass is 9.93. The minimum absolute atomic E-state index is 0.157. The first-order valence-electron chi connectivity index (χ1n) is 4.56. The van der Waals surface area contributed by atoms with Crippen molar-refractivity contribution in [1.82, 2.24) is 10.6 Å². The molecule has 2 amide bonds. The van der Waals surface area contributed by atoms with Gasteiger partial charge in [-0.3, -0.25) is 9.59 Å². The van der Waals surface area contributed by atoms with Gasteiger partial charge < -0.3 is 20.8 Å². The predicted molar refractivity (Wildman–Crippen MR) is 53.7 cm³/mol. The smallest absolute Gasteiger partial charge is 0.219 e. The van der Waals surface area contributed by atoms with Crippen molar-refractivity contribution in [3.05, 3.63) is 0 Å². The van der Waals surface area contributed by atoms with Crippen LogP contribution in [0.1, 0.15) is 27.7 Å². The third-order valence-corrected chi connectivity index (χ3v) is 2.15. The molecule has 0 aromatic heterocycles. The maximum atomic E-state index is 10.8. The topological polar surface area (TPSA) is 98.7 Å². The fraction of sp³-hybridized carbons (Fsp3) is 0.778. The second kappa shape index (κ2) is 4.59. The number of nitrogens with one attached hydrogen (secondary N) is 2. The van der Waals surface area contributed by atoms with E-state index in [0.717, 1.165) is 0 Å². The van der Waals surface area contributed by atoms with Crippen LogP contribution in [0.15, 0.2) is 0 Å². The van der Waals surface area contributed by atoms with E-state index in [1.54, 1.807) is 0 Å². The number of hydrogen-bond acceptors (Lipinski definition) is 4. The number of rotatable bonds is 4. The van der Waals surface area contributed by atoms with E-state index in [9.17, 15) is 19.8 Å². The Bertz CT molecular complexity index is 261. The summed E-state index contributed by atoms with van der Waals surface area (Å²) >= 11 is 0. The van der Waals surface area contributed by atoms with Crippen molar-refractivity contribution in [3.63, 3.8) is 0 Å². The fourth-order valence-corrected chi connectivity index (χ4v) is 0.946. The van der Waals surface area contributed by atoms with Gasteiger partial charge in [0, 0.05) is 13.8 Å². The lowest BCUT2D eigenvalue weighted by molar-refractivity contribution is -0.160. The van der Waals surface area contributed by atoms with Crippen LogP contribution in [-0.2, 0) is 9.59 Å². The molecule has 15 heavy (non-hydrogen) atoms. The average molecular weight is 218 g/mol. The third kappa shape index (κ3) is 4.26. The minimum Gasteiger partial charge on any atom is -0.383 e. The molecule has 0 aromatic rings. The van der Waals surface area contributed by atoms with Gasteiger partial charge in [0.1, 0.15) is 5.60 Å². The highest BCUT2D eigenvalue weighted by Crippen LogP contribution is 2.18. The summed E-state index contributed by atoms with van der Waals surface area (Å²) in [4.78, 5) is 21.4. The number of hydrogen-bond donors (Lipinski definition) is 4. The van der Waals surface area contributed by atoms with Crippen molar-refractivity contribution < 1.29 is 19.8 Å². The van der Waals surface area contributed by atoms with Crippen LogP contribution < -0.4 is 10.6 Å². The zero-order valence-corrected chi connectivity index (χ0v) is 9.42. The van der Waals surface area contributed by atoms with Gasteiger partial charge >= 0.3 is 0 Å². The largest absolute Gasteiger partial charge is 0.383 e. The Hall–Kier alpha value is -1.14.